The highest BCUT2D eigenvalue weighted by Crippen LogP contribution is 2.45. The first-order valence-electron chi connectivity index (χ1n) is 20.7. The summed E-state index contributed by atoms with van der Waals surface area (Å²) in [6.07, 6.45) is 1.85. The molecule has 294 valence electrons. The monoisotopic (exact) mass is 779 g/mol. The Bertz CT molecular complexity index is 2970. The molecule has 0 atom stereocenters. The first-order valence-corrected chi connectivity index (χ1v) is 20.7. The Labute approximate surface area is 353 Å². The van der Waals surface area contributed by atoms with Crippen LogP contribution in [0, 0.1) is 0 Å². The van der Waals surface area contributed by atoms with Crippen molar-refractivity contribution in [3.05, 3.63) is 193 Å². The molecule has 0 aliphatic carbocycles. The lowest BCUT2D eigenvalue weighted by molar-refractivity contribution is 0.446. The van der Waals surface area contributed by atoms with Crippen LogP contribution < -0.4 is 0 Å². The van der Waals surface area contributed by atoms with Gasteiger partial charge in [-0.3, -0.25) is 9.55 Å². The quantitative estimate of drug-likeness (QED) is 0.175. The smallest absolute Gasteiger partial charge is 0.149 e. The van der Waals surface area contributed by atoms with E-state index in [1.165, 1.54) is 11.1 Å². The molecule has 0 saturated heterocycles. The molecule has 0 radical (unpaired) electrons. The summed E-state index contributed by atoms with van der Waals surface area (Å²) in [4.78, 5) is 10.4. The fourth-order valence-corrected chi connectivity index (χ4v) is 8.21. The van der Waals surface area contributed by atoms with Gasteiger partial charge in [0.2, 0.25) is 0 Å². The van der Waals surface area contributed by atoms with E-state index in [-0.39, 0.29) is 16.6 Å². The molecule has 0 aliphatic heterocycles. The van der Waals surface area contributed by atoms with Crippen LogP contribution in [0.2, 0.25) is 0 Å². The van der Waals surface area contributed by atoms with E-state index in [1.54, 1.807) is 0 Å². The summed E-state index contributed by atoms with van der Waals surface area (Å²) < 4.78 is 2.25. The van der Waals surface area contributed by atoms with Crippen molar-refractivity contribution in [3.63, 3.8) is 0 Å². The average molecular weight is 780 g/mol. The number of hydrogen-bond acceptors (Lipinski definition) is 3. The Morgan fingerprint density at radius 1 is 0.450 bits per heavy atom. The SMILES string of the molecule is CC(C)(C)c1cc(-c2nc3c(-c4cc(-c5ccc(-c6ccccc6)cc5)cc(-c5ccccn5)c4)cccc3n2-c2ccccc2-c2ccccc2)c(O)c(C(C)(C)C)c1. The zero-order valence-electron chi connectivity index (χ0n) is 35.1. The highest BCUT2D eigenvalue weighted by atomic mass is 16.3. The maximum absolute atomic E-state index is 12.4. The van der Waals surface area contributed by atoms with Crippen LogP contribution in [-0.2, 0) is 10.8 Å². The van der Waals surface area contributed by atoms with Gasteiger partial charge in [-0.25, -0.2) is 4.98 Å². The van der Waals surface area contributed by atoms with E-state index < -0.39 is 0 Å². The van der Waals surface area contributed by atoms with Crippen LogP contribution in [0.5, 0.6) is 5.75 Å². The number of nitrogens with zero attached hydrogens (tertiary/aromatic N) is 3. The summed E-state index contributed by atoms with van der Waals surface area (Å²) in [6, 6.07) is 61.8. The van der Waals surface area contributed by atoms with Crippen molar-refractivity contribution in [2.45, 2.75) is 52.4 Å². The number of hydrogen-bond donors (Lipinski definition) is 1. The van der Waals surface area contributed by atoms with Crippen molar-refractivity contribution in [1.82, 2.24) is 14.5 Å². The van der Waals surface area contributed by atoms with E-state index >= 15 is 0 Å². The molecule has 4 nitrogen and oxygen atoms in total. The van der Waals surface area contributed by atoms with Gasteiger partial charge in [-0.1, -0.05) is 169 Å². The van der Waals surface area contributed by atoms with Crippen molar-refractivity contribution >= 4 is 11.0 Å². The number of para-hydroxylation sites is 2. The van der Waals surface area contributed by atoms with E-state index in [1.807, 2.05) is 30.5 Å². The van der Waals surface area contributed by atoms with E-state index in [0.29, 0.717) is 11.4 Å². The molecular formula is C56H49N3O. The third kappa shape index (κ3) is 7.30. The molecule has 1 N–H and O–H groups in total. The summed E-state index contributed by atoms with van der Waals surface area (Å²) in [7, 11) is 0. The second-order valence-electron chi connectivity index (χ2n) is 17.7. The van der Waals surface area contributed by atoms with Crippen LogP contribution in [0.3, 0.4) is 0 Å². The van der Waals surface area contributed by atoms with Crippen molar-refractivity contribution in [2.24, 2.45) is 0 Å². The van der Waals surface area contributed by atoms with E-state index in [2.05, 4.69) is 198 Å². The van der Waals surface area contributed by atoms with Gasteiger partial charge in [0.15, 0.2) is 0 Å². The minimum atomic E-state index is -0.314. The summed E-state index contributed by atoms with van der Waals surface area (Å²) in [5.41, 5.74) is 15.7. The molecule has 0 aliphatic rings. The number of aromatic hydroxyl groups is 1. The molecule has 0 spiro atoms. The standard InChI is InChI=1S/C56H49N3O/c1-55(2,3)44-35-47(53(60)48(36-44)56(4,5)6)54-58-52-46(23-17-26-51(52)59(54)50-25-14-13-22-45(50)40-20-11-8-12-21-40)42-32-41(33-43(34-42)49-24-15-16-31-57-49)39-29-27-38(28-30-39)37-18-9-7-10-19-37/h7-36,60H,1-6H3. The van der Waals surface area contributed by atoms with Gasteiger partial charge in [-0.05, 0) is 98.3 Å². The summed E-state index contributed by atoms with van der Waals surface area (Å²) in [6.45, 7) is 13.1. The van der Waals surface area contributed by atoms with E-state index in [0.717, 1.165) is 72.5 Å². The molecule has 4 heteroatoms. The van der Waals surface area contributed by atoms with E-state index in [4.69, 9.17) is 9.97 Å². The number of imidazole rings is 1. The number of phenols is 1. The summed E-state index contributed by atoms with van der Waals surface area (Å²) in [5, 5.41) is 12.4. The first kappa shape index (κ1) is 38.5. The minimum Gasteiger partial charge on any atom is -0.507 e. The molecule has 60 heavy (non-hydrogen) atoms. The number of rotatable bonds is 7. The lowest BCUT2D eigenvalue weighted by Crippen LogP contribution is -2.17. The van der Waals surface area contributed by atoms with Crippen LogP contribution in [0.4, 0.5) is 0 Å². The molecule has 0 unspecified atom stereocenters. The third-order valence-corrected chi connectivity index (χ3v) is 11.5. The van der Waals surface area contributed by atoms with Gasteiger partial charge < -0.3 is 5.11 Å². The van der Waals surface area contributed by atoms with Crippen molar-refractivity contribution in [1.29, 1.82) is 0 Å². The van der Waals surface area contributed by atoms with Gasteiger partial charge in [0.05, 0.1) is 28.0 Å². The van der Waals surface area contributed by atoms with Gasteiger partial charge >= 0.3 is 0 Å². The fraction of sp³-hybridized carbons (Fsp3) is 0.143. The molecule has 7 aromatic carbocycles. The molecule has 0 saturated carbocycles. The Kier molecular flexibility index (Phi) is 9.80. The largest absolute Gasteiger partial charge is 0.507 e. The number of pyridine rings is 1. The van der Waals surface area contributed by atoms with E-state index in [9.17, 15) is 5.11 Å². The van der Waals surface area contributed by atoms with Gasteiger partial charge in [-0.2, -0.15) is 0 Å². The fourth-order valence-electron chi connectivity index (χ4n) is 8.21. The third-order valence-electron chi connectivity index (χ3n) is 11.5. The maximum Gasteiger partial charge on any atom is 0.149 e. The Balaban J connectivity index is 1.33. The van der Waals surface area contributed by atoms with Crippen LogP contribution in [0.1, 0.15) is 52.7 Å². The molecule has 0 bridgehead atoms. The van der Waals surface area contributed by atoms with Gasteiger partial charge in [0.1, 0.15) is 11.6 Å². The van der Waals surface area contributed by atoms with Crippen molar-refractivity contribution < 1.29 is 5.11 Å². The summed E-state index contributed by atoms with van der Waals surface area (Å²) >= 11 is 0. The van der Waals surface area contributed by atoms with Crippen LogP contribution in [-0.4, -0.2) is 19.6 Å². The average Bonchev–Trinajstić information content (AvgIpc) is 3.66. The summed E-state index contributed by atoms with van der Waals surface area (Å²) in [5.74, 6) is 0.941. The maximum atomic E-state index is 12.4. The normalized spacial score (nSPS) is 11.9. The van der Waals surface area contributed by atoms with Crippen LogP contribution in [0.15, 0.2) is 182 Å². The van der Waals surface area contributed by atoms with Crippen LogP contribution in [0.25, 0.3) is 83.9 Å². The Hall–Kier alpha value is -7.04. The second kappa shape index (κ2) is 15.3. The van der Waals surface area contributed by atoms with Gasteiger partial charge in [0, 0.05) is 28.5 Å². The second-order valence-corrected chi connectivity index (χ2v) is 17.7. The molecular weight excluding hydrogens is 731 g/mol. The number of benzene rings is 7. The topological polar surface area (TPSA) is 50.9 Å². The lowest BCUT2D eigenvalue weighted by atomic mass is 9.79. The molecule has 2 aromatic heterocycles. The number of fused-ring (bicyclic) bond motifs is 1. The van der Waals surface area contributed by atoms with Gasteiger partial charge in [0.25, 0.3) is 0 Å². The molecule has 9 rings (SSSR count). The van der Waals surface area contributed by atoms with Crippen molar-refractivity contribution in [2.75, 3.05) is 0 Å². The predicted octanol–water partition coefficient (Wildman–Crippen LogP) is 14.7. The first-order chi connectivity index (χ1) is 28.9. The number of aromatic nitrogens is 3. The minimum absolute atomic E-state index is 0.173. The molecule has 0 amide bonds. The zero-order chi connectivity index (χ0) is 41.6. The van der Waals surface area contributed by atoms with Gasteiger partial charge in [-0.15, -0.1) is 0 Å². The molecule has 9 aromatic rings. The molecule has 2 heterocycles. The highest BCUT2D eigenvalue weighted by Gasteiger charge is 2.29. The zero-order valence-corrected chi connectivity index (χ0v) is 35.1. The predicted molar refractivity (Wildman–Crippen MR) is 251 cm³/mol. The Morgan fingerprint density at radius 2 is 1.03 bits per heavy atom. The highest BCUT2D eigenvalue weighted by molar-refractivity contribution is 5.98. The lowest BCUT2D eigenvalue weighted by Gasteiger charge is -2.27. The Morgan fingerprint density at radius 3 is 1.70 bits per heavy atom. The van der Waals surface area contributed by atoms with Crippen molar-refractivity contribution in [3.8, 4) is 78.6 Å². The van der Waals surface area contributed by atoms with Crippen LogP contribution >= 0.6 is 0 Å². The number of phenolic OH excluding ortho intramolecular Hbond substituents is 1. The molecule has 0 fully saturated rings.